The molecule has 3 aromatic rings. The van der Waals surface area contributed by atoms with Crippen LogP contribution in [0.25, 0.3) is 5.69 Å². The summed E-state index contributed by atoms with van der Waals surface area (Å²) in [6, 6.07) is 13.2. The first-order valence-electron chi connectivity index (χ1n) is 10.3. The highest BCUT2D eigenvalue weighted by Gasteiger charge is 2.19. The molecule has 3 rings (SSSR count). The number of rotatable bonds is 11. The minimum atomic E-state index is -4.01. The van der Waals surface area contributed by atoms with E-state index in [4.69, 9.17) is 9.88 Å². The van der Waals surface area contributed by atoms with Crippen LogP contribution in [-0.2, 0) is 27.7 Å². The average molecular weight is 462 g/mol. The quantitative estimate of drug-likeness (QED) is 0.471. The van der Waals surface area contributed by atoms with Gasteiger partial charge in [0.25, 0.3) is 0 Å². The van der Waals surface area contributed by atoms with Gasteiger partial charge in [-0.1, -0.05) is 37.3 Å². The molecule has 0 saturated carbocycles. The van der Waals surface area contributed by atoms with Crippen LogP contribution in [0.5, 0.6) is 0 Å². The Morgan fingerprint density at radius 3 is 2.53 bits per heavy atom. The maximum Gasteiger partial charge on any atom is 0.238 e. The van der Waals surface area contributed by atoms with Crippen LogP contribution in [-0.4, -0.2) is 54.9 Å². The molecule has 0 bridgehead atoms. The van der Waals surface area contributed by atoms with Gasteiger partial charge in [0, 0.05) is 20.1 Å². The van der Waals surface area contributed by atoms with Crippen LogP contribution in [0.3, 0.4) is 0 Å². The molecule has 0 aliphatic heterocycles. The Labute approximate surface area is 187 Å². The van der Waals surface area contributed by atoms with Gasteiger partial charge in [-0.2, -0.15) is 0 Å². The average Bonchev–Trinajstić information content (AvgIpc) is 3.14. The molecule has 0 aliphatic carbocycles. The summed E-state index contributed by atoms with van der Waals surface area (Å²) in [4.78, 5) is 6.57. The monoisotopic (exact) mass is 461 g/mol. The molecule has 0 saturated heterocycles. The van der Waals surface area contributed by atoms with Gasteiger partial charge in [0.1, 0.15) is 17.3 Å². The van der Waals surface area contributed by atoms with Crippen molar-refractivity contribution in [1.29, 1.82) is 0 Å². The van der Waals surface area contributed by atoms with Crippen LogP contribution in [0, 0.1) is 5.82 Å². The second-order valence-electron chi connectivity index (χ2n) is 7.45. The molecule has 172 valence electrons. The van der Waals surface area contributed by atoms with Gasteiger partial charge < -0.3 is 4.74 Å². The number of hydrogen-bond acceptors (Lipinski definition) is 6. The van der Waals surface area contributed by atoms with Gasteiger partial charge in [0.15, 0.2) is 5.82 Å². The van der Waals surface area contributed by atoms with Crippen LogP contribution in [0.15, 0.2) is 53.4 Å². The third-order valence-electron chi connectivity index (χ3n) is 4.92. The van der Waals surface area contributed by atoms with Crippen molar-refractivity contribution in [3.05, 3.63) is 71.6 Å². The first-order valence-corrected chi connectivity index (χ1v) is 11.9. The molecule has 1 heterocycles. The van der Waals surface area contributed by atoms with Crippen molar-refractivity contribution in [1.82, 2.24) is 19.7 Å². The summed E-state index contributed by atoms with van der Waals surface area (Å²) in [7, 11) is -2.36. The van der Waals surface area contributed by atoms with Crippen molar-refractivity contribution in [2.24, 2.45) is 5.14 Å². The van der Waals surface area contributed by atoms with Gasteiger partial charge in [0.05, 0.1) is 18.0 Å². The molecule has 2 aromatic carbocycles. The fourth-order valence-electron chi connectivity index (χ4n) is 3.39. The number of halogens is 1. The molecule has 0 spiro atoms. The Balaban J connectivity index is 1.99. The Hall–Kier alpha value is -2.66. The molecule has 8 nitrogen and oxygen atoms in total. The first kappa shape index (κ1) is 24.0. The zero-order chi connectivity index (χ0) is 23.1. The highest BCUT2D eigenvalue weighted by atomic mass is 32.2. The van der Waals surface area contributed by atoms with Crippen molar-refractivity contribution in [2.45, 2.75) is 31.2 Å². The maximum atomic E-state index is 14.9. The molecule has 10 heteroatoms. The van der Waals surface area contributed by atoms with E-state index >= 15 is 0 Å². The summed E-state index contributed by atoms with van der Waals surface area (Å²) in [6.07, 6.45) is 1.40. The predicted molar refractivity (Wildman–Crippen MR) is 119 cm³/mol. The number of ether oxygens (including phenoxy) is 1. The molecular formula is C22H28FN5O3S. The van der Waals surface area contributed by atoms with Gasteiger partial charge >= 0.3 is 0 Å². The lowest BCUT2D eigenvalue weighted by molar-refractivity contribution is 0.142. The van der Waals surface area contributed by atoms with E-state index in [2.05, 4.69) is 21.9 Å². The van der Waals surface area contributed by atoms with Crippen molar-refractivity contribution in [3.8, 4) is 5.69 Å². The fraction of sp³-hybridized carbons (Fsp3) is 0.364. The summed E-state index contributed by atoms with van der Waals surface area (Å²) >= 11 is 0. The maximum absolute atomic E-state index is 14.9. The number of primary sulfonamides is 1. The second-order valence-corrected chi connectivity index (χ2v) is 9.01. The zero-order valence-electron chi connectivity index (χ0n) is 18.2. The van der Waals surface area contributed by atoms with Crippen LogP contribution >= 0.6 is 0 Å². The fourth-order valence-corrected chi connectivity index (χ4v) is 3.91. The van der Waals surface area contributed by atoms with Crippen LogP contribution in [0.4, 0.5) is 4.39 Å². The van der Waals surface area contributed by atoms with Crippen LogP contribution in [0.2, 0.25) is 0 Å². The van der Waals surface area contributed by atoms with E-state index in [1.807, 2.05) is 30.3 Å². The minimum Gasteiger partial charge on any atom is -0.383 e. The molecule has 0 fully saturated rings. The molecule has 0 amide bonds. The van der Waals surface area contributed by atoms with E-state index in [1.165, 1.54) is 16.8 Å². The van der Waals surface area contributed by atoms with Gasteiger partial charge in [-0.15, -0.1) is 5.10 Å². The van der Waals surface area contributed by atoms with Crippen molar-refractivity contribution < 1.29 is 17.5 Å². The lowest BCUT2D eigenvalue weighted by Gasteiger charge is -2.19. The molecule has 0 unspecified atom stereocenters. The first-order chi connectivity index (χ1) is 15.3. The Morgan fingerprint density at radius 1 is 1.16 bits per heavy atom. The number of sulfonamides is 1. The molecule has 0 radical (unpaired) electrons. The summed E-state index contributed by atoms with van der Waals surface area (Å²) < 4.78 is 44.7. The summed E-state index contributed by atoms with van der Waals surface area (Å²) in [5.41, 5.74) is 1.11. The molecule has 2 N–H and O–H groups in total. The SMILES string of the molecule is CCCN(CCOC)Cc1nc(Cc2ccccc2)n(-c2ccc(S(N)(=O)=O)cc2F)n1. The van der Waals surface area contributed by atoms with Crippen LogP contribution < -0.4 is 5.14 Å². The third kappa shape index (κ3) is 6.19. The third-order valence-corrected chi connectivity index (χ3v) is 5.83. The smallest absolute Gasteiger partial charge is 0.238 e. The lowest BCUT2D eigenvalue weighted by Crippen LogP contribution is -2.28. The zero-order valence-corrected chi connectivity index (χ0v) is 19.1. The Morgan fingerprint density at radius 2 is 1.91 bits per heavy atom. The Kier molecular flexibility index (Phi) is 8.08. The minimum absolute atomic E-state index is 0.112. The van der Waals surface area contributed by atoms with E-state index in [9.17, 15) is 12.8 Å². The van der Waals surface area contributed by atoms with E-state index in [0.717, 1.165) is 31.1 Å². The van der Waals surface area contributed by atoms with Crippen molar-refractivity contribution in [2.75, 3.05) is 26.8 Å². The van der Waals surface area contributed by atoms with E-state index in [0.29, 0.717) is 31.2 Å². The topological polar surface area (TPSA) is 103 Å². The van der Waals surface area contributed by atoms with E-state index in [1.54, 1.807) is 7.11 Å². The number of methoxy groups -OCH3 is 1. The highest BCUT2D eigenvalue weighted by molar-refractivity contribution is 7.89. The summed E-state index contributed by atoms with van der Waals surface area (Å²) in [5.74, 6) is 0.360. The molecule has 32 heavy (non-hydrogen) atoms. The van der Waals surface area contributed by atoms with Crippen molar-refractivity contribution >= 4 is 10.0 Å². The highest BCUT2D eigenvalue weighted by Crippen LogP contribution is 2.20. The lowest BCUT2D eigenvalue weighted by atomic mass is 10.1. The van der Waals surface area contributed by atoms with Crippen molar-refractivity contribution in [3.63, 3.8) is 0 Å². The predicted octanol–water partition coefficient (Wildman–Crippen LogP) is 2.50. The number of aromatic nitrogens is 3. The molecular weight excluding hydrogens is 433 g/mol. The van der Waals surface area contributed by atoms with Gasteiger partial charge in [0.2, 0.25) is 10.0 Å². The number of benzene rings is 2. The van der Waals surface area contributed by atoms with Gasteiger partial charge in [-0.3, -0.25) is 4.90 Å². The number of nitrogens with two attached hydrogens (primary N) is 1. The Bertz CT molecular complexity index is 1140. The van der Waals surface area contributed by atoms with Crippen LogP contribution in [0.1, 0.15) is 30.6 Å². The normalized spacial score (nSPS) is 11.9. The summed E-state index contributed by atoms with van der Waals surface area (Å²) in [6.45, 7) is 4.74. The standard InChI is InChI=1S/C22H28FN5O3S/c1-3-11-27(12-13-31-2)16-21-25-22(14-17-7-5-4-6-8-17)28(26-21)20-10-9-18(15-19(20)23)32(24,29)30/h4-10,15H,3,11-14,16H2,1-2H3,(H2,24,29,30). The number of hydrogen-bond donors (Lipinski definition) is 1. The molecule has 0 atom stereocenters. The van der Waals surface area contributed by atoms with E-state index < -0.39 is 15.8 Å². The number of nitrogens with zero attached hydrogens (tertiary/aromatic N) is 4. The second kappa shape index (κ2) is 10.8. The molecule has 1 aromatic heterocycles. The largest absolute Gasteiger partial charge is 0.383 e. The van der Waals surface area contributed by atoms with E-state index in [-0.39, 0.29) is 10.6 Å². The van der Waals surface area contributed by atoms with Gasteiger partial charge in [-0.05, 0) is 36.7 Å². The molecule has 0 aliphatic rings. The summed E-state index contributed by atoms with van der Waals surface area (Å²) in [5, 5.41) is 9.69. The van der Waals surface area contributed by atoms with Gasteiger partial charge in [-0.25, -0.2) is 27.6 Å².